The summed E-state index contributed by atoms with van der Waals surface area (Å²) in [6.45, 7) is 4.00. The molecule has 0 saturated heterocycles. The Morgan fingerprint density at radius 1 is 1.50 bits per heavy atom. The van der Waals surface area contributed by atoms with Gasteiger partial charge in [0, 0.05) is 0 Å². The average molecular weight is 141 g/mol. The monoisotopic (exact) mass is 141 g/mol. The fourth-order valence-corrected chi connectivity index (χ4v) is 0.332. The first-order valence-corrected chi connectivity index (χ1v) is 3.05. The Labute approximate surface area is 59.7 Å². The molecule has 0 aliphatic rings. The smallest absolute Gasteiger partial charge is 0.176 e. The molecule has 56 valence electrons. The molecule has 0 spiro atoms. The molecule has 0 amide bonds. The highest BCUT2D eigenvalue weighted by Gasteiger charge is 1.90. The van der Waals surface area contributed by atoms with Gasteiger partial charge in [-0.15, -0.1) is 0 Å². The van der Waals surface area contributed by atoms with Crippen LogP contribution in [0.4, 0.5) is 5.82 Å². The number of hydrogen-bond donors (Lipinski definition) is 2. The Balaban J connectivity index is 0.000000371. The van der Waals surface area contributed by atoms with Gasteiger partial charge in [0.15, 0.2) is 11.6 Å². The van der Waals surface area contributed by atoms with Crippen molar-refractivity contribution < 1.29 is 5.11 Å². The molecule has 0 atom stereocenters. The lowest BCUT2D eigenvalue weighted by atomic mass is 10.5. The third-order valence-electron chi connectivity index (χ3n) is 0.723. The third-order valence-corrected chi connectivity index (χ3v) is 0.723. The molecule has 0 aromatic carbocycles. The maximum atomic E-state index is 8.67. The minimum atomic E-state index is -0.0764. The van der Waals surface area contributed by atoms with Crippen LogP contribution in [-0.2, 0) is 0 Å². The summed E-state index contributed by atoms with van der Waals surface area (Å²) in [5.74, 6) is 0.0347. The number of aromatic nitrogens is 2. The fraction of sp³-hybridized carbons (Fsp3) is 0.333. The van der Waals surface area contributed by atoms with E-state index in [0.717, 1.165) is 0 Å². The van der Waals surface area contributed by atoms with E-state index in [-0.39, 0.29) is 11.6 Å². The van der Waals surface area contributed by atoms with Crippen LogP contribution in [0, 0.1) is 0 Å². The zero-order chi connectivity index (χ0) is 7.98. The average Bonchev–Trinajstić information content (AvgIpc) is 2.00. The standard InChI is InChI=1S/C4H5N3O.C2H6/c5-4-3(8)1-6-2-7-4;1-2/h1-2,8H,(H2,5,6,7);1-2H3. The quantitative estimate of drug-likeness (QED) is 0.560. The normalized spacial score (nSPS) is 7.80. The predicted molar refractivity (Wildman–Crippen MR) is 39.5 cm³/mol. The van der Waals surface area contributed by atoms with Crippen molar-refractivity contribution in [2.75, 3.05) is 5.73 Å². The van der Waals surface area contributed by atoms with Crippen molar-refractivity contribution in [2.45, 2.75) is 13.8 Å². The first-order chi connectivity index (χ1) is 4.80. The van der Waals surface area contributed by atoms with E-state index in [2.05, 4.69) is 9.97 Å². The van der Waals surface area contributed by atoms with Crippen LogP contribution in [0.2, 0.25) is 0 Å². The van der Waals surface area contributed by atoms with E-state index in [1.807, 2.05) is 13.8 Å². The van der Waals surface area contributed by atoms with Crippen LogP contribution in [0.25, 0.3) is 0 Å². The van der Waals surface area contributed by atoms with Crippen LogP contribution >= 0.6 is 0 Å². The maximum absolute atomic E-state index is 8.67. The van der Waals surface area contributed by atoms with Crippen molar-refractivity contribution in [3.8, 4) is 5.75 Å². The Kier molecular flexibility index (Phi) is 3.95. The molecular formula is C6H11N3O. The zero-order valence-corrected chi connectivity index (χ0v) is 6.07. The van der Waals surface area contributed by atoms with Gasteiger partial charge in [0.1, 0.15) is 6.33 Å². The second-order valence-corrected chi connectivity index (χ2v) is 1.29. The second kappa shape index (κ2) is 4.55. The molecule has 10 heavy (non-hydrogen) atoms. The highest BCUT2D eigenvalue weighted by atomic mass is 16.3. The van der Waals surface area contributed by atoms with Crippen molar-refractivity contribution in [1.29, 1.82) is 0 Å². The molecule has 4 heteroatoms. The SMILES string of the molecule is CC.Nc1ncncc1O. The number of nitrogens with zero attached hydrogens (tertiary/aromatic N) is 2. The molecular weight excluding hydrogens is 130 g/mol. The van der Waals surface area contributed by atoms with E-state index in [1.54, 1.807) is 0 Å². The number of nitrogen functional groups attached to an aromatic ring is 1. The lowest BCUT2D eigenvalue weighted by molar-refractivity contribution is 0.473. The number of aromatic hydroxyl groups is 1. The van der Waals surface area contributed by atoms with Crippen LogP contribution in [0.15, 0.2) is 12.5 Å². The van der Waals surface area contributed by atoms with Gasteiger partial charge in [-0.05, 0) is 0 Å². The first-order valence-electron chi connectivity index (χ1n) is 3.05. The minimum absolute atomic E-state index is 0.0764. The fourth-order valence-electron chi connectivity index (χ4n) is 0.332. The van der Waals surface area contributed by atoms with Gasteiger partial charge in [-0.2, -0.15) is 0 Å². The summed E-state index contributed by atoms with van der Waals surface area (Å²) >= 11 is 0. The molecule has 0 bridgehead atoms. The van der Waals surface area contributed by atoms with Gasteiger partial charge in [0.05, 0.1) is 6.20 Å². The molecule has 0 radical (unpaired) electrons. The van der Waals surface area contributed by atoms with E-state index in [9.17, 15) is 0 Å². The highest BCUT2D eigenvalue weighted by Crippen LogP contribution is 2.10. The summed E-state index contributed by atoms with van der Waals surface area (Å²) in [4.78, 5) is 7.00. The summed E-state index contributed by atoms with van der Waals surface area (Å²) in [6, 6.07) is 0. The van der Waals surface area contributed by atoms with Gasteiger partial charge in [-0.25, -0.2) is 9.97 Å². The Bertz CT molecular complexity index is 169. The topological polar surface area (TPSA) is 72.0 Å². The lowest BCUT2D eigenvalue weighted by Gasteiger charge is -1.90. The number of rotatable bonds is 0. The van der Waals surface area contributed by atoms with E-state index >= 15 is 0 Å². The van der Waals surface area contributed by atoms with Crippen molar-refractivity contribution in [3.63, 3.8) is 0 Å². The molecule has 3 N–H and O–H groups in total. The van der Waals surface area contributed by atoms with E-state index in [4.69, 9.17) is 10.8 Å². The van der Waals surface area contributed by atoms with Crippen molar-refractivity contribution >= 4 is 5.82 Å². The Morgan fingerprint density at radius 2 is 2.10 bits per heavy atom. The van der Waals surface area contributed by atoms with Crippen LogP contribution in [0.3, 0.4) is 0 Å². The number of hydrogen-bond acceptors (Lipinski definition) is 4. The van der Waals surface area contributed by atoms with E-state index in [1.165, 1.54) is 12.5 Å². The van der Waals surface area contributed by atoms with Gasteiger partial charge in [0.25, 0.3) is 0 Å². The summed E-state index contributed by atoms with van der Waals surface area (Å²) in [5, 5.41) is 8.67. The third kappa shape index (κ3) is 2.30. The van der Waals surface area contributed by atoms with Crippen LogP contribution in [0.1, 0.15) is 13.8 Å². The molecule has 1 heterocycles. The van der Waals surface area contributed by atoms with Crippen molar-refractivity contribution in [3.05, 3.63) is 12.5 Å². The molecule has 0 aliphatic heterocycles. The van der Waals surface area contributed by atoms with Gasteiger partial charge < -0.3 is 10.8 Å². The van der Waals surface area contributed by atoms with Gasteiger partial charge in [0.2, 0.25) is 0 Å². The molecule has 0 saturated carbocycles. The predicted octanol–water partition coefficient (Wildman–Crippen LogP) is 0.791. The number of anilines is 1. The first kappa shape index (κ1) is 8.68. The molecule has 1 aromatic heterocycles. The molecule has 4 nitrogen and oxygen atoms in total. The van der Waals surface area contributed by atoms with Crippen LogP contribution in [-0.4, -0.2) is 15.1 Å². The van der Waals surface area contributed by atoms with E-state index in [0.29, 0.717) is 0 Å². The summed E-state index contributed by atoms with van der Waals surface area (Å²) < 4.78 is 0. The highest BCUT2D eigenvalue weighted by molar-refractivity contribution is 5.40. The van der Waals surface area contributed by atoms with Crippen LogP contribution < -0.4 is 5.73 Å². The molecule has 0 aliphatic carbocycles. The molecule has 1 rings (SSSR count). The molecule has 1 aromatic rings. The summed E-state index contributed by atoms with van der Waals surface area (Å²) in [5.41, 5.74) is 5.12. The second-order valence-electron chi connectivity index (χ2n) is 1.29. The van der Waals surface area contributed by atoms with Gasteiger partial charge in [-0.1, -0.05) is 13.8 Å². The largest absolute Gasteiger partial charge is 0.503 e. The number of nitrogens with two attached hydrogens (primary N) is 1. The Hall–Kier alpha value is -1.32. The maximum Gasteiger partial charge on any atom is 0.176 e. The Morgan fingerprint density at radius 3 is 2.40 bits per heavy atom. The summed E-state index contributed by atoms with van der Waals surface area (Å²) in [6.07, 6.45) is 2.51. The minimum Gasteiger partial charge on any atom is -0.503 e. The van der Waals surface area contributed by atoms with Crippen molar-refractivity contribution in [2.24, 2.45) is 0 Å². The van der Waals surface area contributed by atoms with Gasteiger partial charge >= 0.3 is 0 Å². The van der Waals surface area contributed by atoms with Gasteiger partial charge in [-0.3, -0.25) is 0 Å². The molecule has 0 unspecified atom stereocenters. The lowest BCUT2D eigenvalue weighted by Crippen LogP contribution is -1.89. The molecule has 0 fully saturated rings. The van der Waals surface area contributed by atoms with Crippen molar-refractivity contribution in [1.82, 2.24) is 9.97 Å². The van der Waals surface area contributed by atoms with Crippen LogP contribution in [0.5, 0.6) is 5.75 Å². The zero-order valence-electron chi connectivity index (χ0n) is 6.07. The van der Waals surface area contributed by atoms with E-state index < -0.39 is 0 Å². The summed E-state index contributed by atoms with van der Waals surface area (Å²) in [7, 11) is 0.